The van der Waals surface area contributed by atoms with Gasteiger partial charge in [-0.15, -0.1) is 0 Å². The van der Waals surface area contributed by atoms with Crippen LogP contribution in [0.1, 0.15) is 18.4 Å². The summed E-state index contributed by atoms with van der Waals surface area (Å²) >= 11 is 0. The van der Waals surface area contributed by atoms with Gasteiger partial charge in [-0.05, 0) is 13.8 Å². The monoisotopic (exact) mass is 217 g/mol. The van der Waals surface area contributed by atoms with Crippen molar-refractivity contribution in [1.82, 2.24) is 19.5 Å². The van der Waals surface area contributed by atoms with E-state index in [1.807, 2.05) is 24.6 Å². The fraction of sp³-hybridized carbons (Fsp3) is 0.364. The van der Waals surface area contributed by atoms with Gasteiger partial charge in [-0.25, -0.2) is 9.97 Å². The second-order valence-corrected chi connectivity index (χ2v) is 3.53. The molecule has 0 saturated heterocycles. The van der Waals surface area contributed by atoms with Crippen LogP contribution in [0.3, 0.4) is 0 Å². The van der Waals surface area contributed by atoms with Gasteiger partial charge in [-0.1, -0.05) is 0 Å². The molecule has 0 aliphatic rings. The van der Waals surface area contributed by atoms with Gasteiger partial charge >= 0.3 is 0 Å². The highest BCUT2D eigenvalue weighted by Gasteiger charge is 2.00. The number of aromatic nitrogens is 4. The highest BCUT2D eigenvalue weighted by molar-refractivity contribution is 5.30. The Morgan fingerprint density at radius 2 is 2.12 bits per heavy atom. The van der Waals surface area contributed by atoms with Gasteiger partial charge in [0.2, 0.25) is 0 Å². The summed E-state index contributed by atoms with van der Waals surface area (Å²) in [6.45, 7) is 5.57. The van der Waals surface area contributed by atoms with E-state index in [-0.39, 0.29) is 0 Å². The molecule has 2 rings (SSSR count). The predicted octanol–water partition coefficient (Wildman–Crippen LogP) is 1.46. The van der Waals surface area contributed by atoms with E-state index in [0.29, 0.717) is 6.54 Å². The number of hydrogen-bond acceptors (Lipinski definition) is 4. The Kier molecular flexibility index (Phi) is 3.14. The first-order chi connectivity index (χ1) is 7.79. The zero-order chi connectivity index (χ0) is 11.4. The summed E-state index contributed by atoms with van der Waals surface area (Å²) in [6, 6.07) is 0. The van der Waals surface area contributed by atoms with Crippen molar-refractivity contribution in [3.8, 4) is 0 Å². The van der Waals surface area contributed by atoms with E-state index in [2.05, 4.69) is 20.3 Å². The average molecular weight is 217 g/mol. The molecule has 5 heteroatoms. The Labute approximate surface area is 94.6 Å². The topological polar surface area (TPSA) is 55.6 Å². The van der Waals surface area contributed by atoms with E-state index in [9.17, 15) is 0 Å². The standard InChI is InChI=1S/C11H15N5/c1-3-12-11-7-14-10(6-15-11)8-16-5-4-13-9(16)2/h4-7H,3,8H2,1-2H3,(H,12,15). The van der Waals surface area contributed by atoms with Crippen molar-refractivity contribution in [2.45, 2.75) is 20.4 Å². The minimum Gasteiger partial charge on any atom is -0.369 e. The molecule has 84 valence electrons. The van der Waals surface area contributed by atoms with Gasteiger partial charge in [-0.2, -0.15) is 0 Å². The van der Waals surface area contributed by atoms with E-state index in [0.717, 1.165) is 23.9 Å². The molecule has 0 unspecified atom stereocenters. The van der Waals surface area contributed by atoms with Gasteiger partial charge in [0.05, 0.1) is 24.6 Å². The first kappa shape index (κ1) is 10.6. The lowest BCUT2D eigenvalue weighted by atomic mass is 10.4. The van der Waals surface area contributed by atoms with Crippen molar-refractivity contribution >= 4 is 5.82 Å². The quantitative estimate of drug-likeness (QED) is 0.842. The molecular formula is C11H15N5. The maximum Gasteiger partial charge on any atom is 0.144 e. The van der Waals surface area contributed by atoms with Crippen molar-refractivity contribution in [3.05, 3.63) is 36.3 Å². The maximum atomic E-state index is 4.34. The third kappa shape index (κ3) is 2.36. The molecule has 0 amide bonds. The zero-order valence-electron chi connectivity index (χ0n) is 9.51. The zero-order valence-corrected chi connectivity index (χ0v) is 9.51. The van der Waals surface area contributed by atoms with Gasteiger partial charge in [0.25, 0.3) is 0 Å². The number of hydrogen-bond donors (Lipinski definition) is 1. The second kappa shape index (κ2) is 4.74. The van der Waals surface area contributed by atoms with E-state index in [4.69, 9.17) is 0 Å². The lowest BCUT2D eigenvalue weighted by molar-refractivity contribution is 0.737. The van der Waals surface area contributed by atoms with E-state index >= 15 is 0 Å². The van der Waals surface area contributed by atoms with Crippen LogP contribution in [0, 0.1) is 6.92 Å². The first-order valence-electron chi connectivity index (χ1n) is 5.32. The molecule has 0 atom stereocenters. The molecule has 0 aliphatic carbocycles. The van der Waals surface area contributed by atoms with Gasteiger partial charge in [0, 0.05) is 18.9 Å². The minimum absolute atomic E-state index is 0.714. The van der Waals surface area contributed by atoms with Gasteiger partial charge < -0.3 is 9.88 Å². The summed E-state index contributed by atoms with van der Waals surface area (Å²) in [5.74, 6) is 1.80. The third-order valence-electron chi connectivity index (χ3n) is 2.32. The molecule has 16 heavy (non-hydrogen) atoms. The smallest absolute Gasteiger partial charge is 0.144 e. The van der Waals surface area contributed by atoms with Crippen LogP contribution in [-0.2, 0) is 6.54 Å². The molecule has 0 spiro atoms. The summed E-state index contributed by atoms with van der Waals surface area (Å²) in [6.07, 6.45) is 7.27. The Bertz CT molecular complexity index is 446. The van der Waals surface area contributed by atoms with Crippen molar-refractivity contribution < 1.29 is 0 Å². The molecule has 2 aromatic rings. The van der Waals surface area contributed by atoms with Crippen LogP contribution >= 0.6 is 0 Å². The SMILES string of the molecule is CCNc1cnc(Cn2ccnc2C)cn1. The lowest BCUT2D eigenvalue weighted by Gasteiger charge is -2.05. The summed E-state index contributed by atoms with van der Waals surface area (Å²) < 4.78 is 2.04. The van der Waals surface area contributed by atoms with Crippen LogP contribution in [0.5, 0.6) is 0 Å². The van der Waals surface area contributed by atoms with Crippen LogP contribution in [0.15, 0.2) is 24.8 Å². The minimum atomic E-state index is 0.714. The largest absolute Gasteiger partial charge is 0.369 e. The summed E-state index contributed by atoms with van der Waals surface area (Å²) in [5.41, 5.74) is 0.933. The van der Waals surface area contributed by atoms with Crippen molar-refractivity contribution in [3.63, 3.8) is 0 Å². The molecule has 0 bridgehead atoms. The maximum absolute atomic E-state index is 4.34. The van der Waals surface area contributed by atoms with Crippen molar-refractivity contribution in [2.75, 3.05) is 11.9 Å². The third-order valence-corrected chi connectivity index (χ3v) is 2.32. The van der Waals surface area contributed by atoms with Gasteiger partial charge in [0.15, 0.2) is 0 Å². The number of aryl methyl sites for hydroxylation is 1. The van der Waals surface area contributed by atoms with Crippen molar-refractivity contribution in [2.24, 2.45) is 0 Å². The Morgan fingerprint density at radius 1 is 1.25 bits per heavy atom. The molecule has 1 N–H and O–H groups in total. The molecule has 0 aliphatic heterocycles. The molecule has 0 saturated carbocycles. The van der Waals surface area contributed by atoms with Crippen LogP contribution in [0.25, 0.3) is 0 Å². The molecule has 0 fully saturated rings. The molecule has 5 nitrogen and oxygen atoms in total. The lowest BCUT2D eigenvalue weighted by Crippen LogP contribution is -2.05. The van der Waals surface area contributed by atoms with Crippen LogP contribution < -0.4 is 5.32 Å². The van der Waals surface area contributed by atoms with Gasteiger partial charge in [-0.3, -0.25) is 4.98 Å². The molecule has 0 aromatic carbocycles. The summed E-state index contributed by atoms with van der Waals surface area (Å²) in [7, 11) is 0. The summed E-state index contributed by atoms with van der Waals surface area (Å²) in [4.78, 5) is 12.8. The van der Waals surface area contributed by atoms with Crippen LogP contribution in [0.4, 0.5) is 5.82 Å². The first-order valence-corrected chi connectivity index (χ1v) is 5.32. The Morgan fingerprint density at radius 3 is 2.69 bits per heavy atom. The average Bonchev–Trinajstić information content (AvgIpc) is 2.68. The highest BCUT2D eigenvalue weighted by Crippen LogP contribution is 2.04. The van der Waals surface area contributed by atoms with Gasteiger partial charge in [0.1, 0.15) is 11.6 Å². The second-order valence-electron chi connectivity index (χ2n) is 3.53. The number of imidazole rings is 1. The predicted molar refractivity (Wildman–Crippen MR) is 62.3 cm³/mol. The van der Waals surface area contributed by atoms with Crippen LogP contribution in [0.2, 0.25) is 0 Å². The fourth-order valence-electron chi connectivity index (χ4n) is 1.45. The van der Waals surface area contributed by atoms with E-state index in [1.165, 1.54) is 0 Å². The van der Waals surface area contributed by atoms with Crippen molar-refractivity contribution in [1.29, 1.82) is 0 Å². The molecule has 0 radical (unpaired) electrons. The van der Waals surface area contributed by atoms with E-state index < -0.39 is 0 Å². The van der Waals surface area contributed by atoms with Crippen LogP contribution in [-0.4, -0.2) is 26.1 Å². The normalized spacial score (nSPS) is 10.4. The summed E-state index contributed by atoms with van der Waals surface area (Å²) in [5, 5.41) is 3.11. The van der Waals surface area contributed by atoms with E-state index in [1.54, 1.807) is 18.6 Å². The highest BCUT2D eigenvalue weighted by atomic mass is 15.1. The molecule has 2 heterocycles. The number of nitrogens with one attached hydrogen (secondary N) is 1. The fourth-order valence-corrected chi connectivity index (χ4v) is 1.45. The Hall–Kier alpha value is -1.91. The Balaban J connectivity index is 2.08. The number of nitrogens with zero attached hydrogens (tertiary/aromatic N) is 4. The molecular weight excluding hydrogens is 202 g/mol. The number of rotatable bonds is 4. The molecule has 2 aromatic heterocycles. The number of anilines is 1.